The van der Waals surface area contributed by atoms with E-state index in [0.29, 0.717) is 4.73 Å². The zero-order valence-electron chi connectivity index (χ0n) is 61.1. The van der Waals surface area contributed by atoms with Gasteiger partial charge in [-0.2, -0.15) is 19.9 Å². The Morgan fingerprint density at radius 3 is 1.11 bits per heavy atom. The minimum Gasteiger partial charge on any atom is -0.462 e. The standard InChI is InChI=1S/C20H27BrN6O7.C15H21BrN6O6.C13H16BrN5O5.C10H12BrN5O5.C2H3BO.2ClH/c1-7(2)10(23-8(3)28)17(30)31-6-9-12-13(34-20(4,5)33-12)16(32-9)27-14-11(24-18(27)21)15(29)26-19(22)25-14;1-4(2)6(17)13(26)27-3-5-8(23)9(24)12(28-5)22-10-7(19-14(22)16)11(25)21-15(18)20-10;1-13(2)23-6-4(3-20)22-10(7(6)24-13)19-8-5(16-11(19)14)9(21)18-12(15)17-8;11-9-13-3-6(14-10(12)15-7(3)20)16(9)8-5(19)4(18)2(1-17)21-8;1-2(3)4;;/h7,9-10,12-13,16H,6H2,1-5H3,(H,23,28)(H3,22,25,26,29);4-6,8-9,12,23-24H,3,17H2,1-2H3,(H3,18,20,21,25);4,6-7,10,20H,3H2,1-2H3,(H3,15,17,18,21);2,4-5,8,17-19H,1H2,(H3,12,14,15,20);1H3;2*1H/t9-,10+,12-,13-,16-;5-,6+,8-,9-,12-;4-,6-,7-,10-;2-,4-,5-,8-;;;/m1111.../s1. The molecule has 46 nitrogen and oxygen atoms in total. The van der Waals surface area contributed by atoms with E-state index in [1.165, 1.54) is 23.0 Å². The van der Waals surface area contributed by atoms with E-state index in [0.717, 1.165) is 0 Å². The van der Waals surface area contributed by atoms with Gasteiger partial charge in [-0.3, -0.25) is 67.0 Å². The number of aliphatic hydroxyl groups excluding tert-OH is 6. The van der Waals surface area contributed by atoms with Crippen LogP contribution in [0.5, 0.6) is 0 Å². The summed E-state index contributed by atoms with van der Waals surface area (Å²) in [5.74, 6) is -3.95. The number of carbonyl (C=O) groups excluding carboxylic acids is 4. The molecule has 0 aromatic carbocycles. The molecule has 2 radical (unpaired) electrons. The lowest BCUT2D eigenvalue weighted by Crippen LogP contribution is -2.45. The summed E-state index contributed by atoms with van der Waals surface area (Å²) in [5.41, 5.74) is 26.6. The third-order valence-corrected chi connectivity index (χ3v) is 19.7. The van der Waals surface area contributed by atoms with Crippen LogP contribution < -0.4 is 56.2 Å². The molecule has 14 heterocycles. The summed E-state index contributed by atoms with van der Waals surface area (Å²) in [7, 11) is 4.47. The van der Waals surface area contributed by atoms with E-state index in [9.17, 15) is 63.9 Å². The predicted molar refractivity (Wildman–Crippen MR) is 411 cm³/mol. The highest BCUT2D eigenvalue weighted by Gasteiger charge is 2.59. The maximum atomic E-state index is 12.7. The Labute approximate surface area is 683 Å². The number of nitrogens with zero attached hydrogens (tertiary/aromatic N) is 12. The topological polar surface area (TPSA) is 678 Å². The van der Waals surface area contributed by atoms with E-state index in [2.05, 4.69) is 137 Å². The van der Waals surface area contributed by atoms with E-state index in [4.69, 9.17) is 81.1 Å². The predicted octanol–water partition coefficient (Wildman–Crippen LogP) is -2.31. The van der Waals surface area contributed by atoms with Gasteiger partial charge in [0.2, 0.25) is 29.7 Å². The summed E-state index contributed by atoms with van der Waals surface area (Å²) in [4.78, 5) is 136. The summed E-state index contributed by atoms with van der Waals surface area (Å²) in [6.45, 7) is 15.8. The Morgan fingerprint density at radius 2 is 0.779 bits per heavy atom. The molecule has 6 aliphatic rings. The SMILES string of the molecule is CC(=O)N[C@H](C(=O)OC[C@H]1O[C@@H](n2c(Br)nc3c(=O)[nH]c(N)nc32)[C@@H]2OC(C)(C)O[C@@H]21)C(C)C.CC(C)[C@H](N)C(=O)OC[C@H]1O[C@@H](n2c(Br)nc3c(=O)[nH]c(N)nc32)[C@H](O)[C@@H]1O.CC1(C)O[C@@H]2[C@H](O1)[C@@H](CO)O[C@H]2n1c(Br)nc2c(=O)[nH]c(N)nc21.Cl.Cl.Nc1nc2c(nc(Br)n2[C@@H]2O[C@H](CO)[C@@H](O)[C@H]2O)c(=O)[nH]1.[B]C(C)=O. The molecule has 620 valence electrons. The minimum absolute atomic E-state index is 0. The lowest BCUT2D eigenvalue weighted by Gasteiger charge is -2.25. The molecular weight excluding hydrogens is 1810 g/mol. The molecule has 6 aliphatic heterocycles. The van der Waals surface area contributed by atoms with Gasteiger partial charge < -0.3 is 117 Å². The van der Waals surface area contributed by atoms with E-state index < -0.39 is 163 Å². The third kappa shape index (κ3) is 19.4. The van der Waals surface area contributed by atoms with Crippen LogP contribution in [0.25, 0.3) is 44.7 Å². The number of aliphatic hydroxyl groups is 6. The Balaban J connectivity index is 0.000000187. The van der Waals surface area contributed by atoms with Gasteiger partial charge in [-0.25, -0.2) is 24.7 Å². The van der Waals surface area contributed by atoms with Gasteiger partial charge in [-0.05, 0) is 110 Å². The number of ether oxygens (including phenoxy) is 10. The minimum atomic E-state index is -1.40. The van der Waals surface area contributed by atoms with Crippen molar-refractivity contribution in [2.24, 2.45) is 17.6 Å². The van der Waals surface area contributed by atoms with Crippen LogP contribution >= 0.6 is 88.5 Å². The lowest BCUT2D eigenvalue weighted by molar-refractivity contribution is -0.202. The van der Waals surface area contributed by atoms with Gasteiger partial charge in [-0.15, -0.1) is 24.8 Å². The summed E-state index contributed by atoms with van der Waals surface area (Å²) in [6, 6.07) is -1.61. The number of H-pyrrole nitrogens is 4. The first-order chi connectivity index (χ1) is 52.0. The number of nitrogens with one attached hydrogen (secondary N) is 5. The number of fused-ring (bicyclic) bond motifs is 6. The number of carbonyl (C=O) groups is 4. The van der Waals surface area contributed by atoms with Crippen LogP contribution in [0.4, 0.5) is 23.8 Å². The molecule has 1 amide bonds. The normalized spacial score (nSPS) is 26.9. The number of halogens is 6. The number of imidazole rings is 4. The van der Waals surface area contributed by atoms with E-state index in [1.807, 2.05) is 0 Å². The van der Waals surface area contributed by atoms with E-state index in [-0.39, 0.29) is 151 Å². The lowest BCUT2D eigenvalue weighted by atomic mass is 10.0. The maximum absolute atomic E-state index is 12.7. The van der Waals surface area contributed by atoms with Crippen molar-refractivity contribution in [2.75, 3.05) is 49.4 Å². The second kappa shape index (κ2) is 36.4. The van der Waals surface area contributed by atoms with Gasteiger partial charge in [-0.1, -0.05) is 27.7 Å². The molecular formula is C60H81BBr4Cl2N22O24. The van der Waals surface area contributed by atoms with Crippen molar-refractivity contribution in [1.29, 1.82) is 0 Å². The molecule has 53 heteroatoms. The summed E-state index contributed by atoms with van der Waals surface area (Å²) >= 11 is 13.0. The average Bonchev–Trinajstić information content (AvgIpc) is 1.59. The number of hydrogen-bond acceptors (Lipinski definition) is 37. The quantitative estimate of drug-likeness (QED) is 0.0291. The molecule has 8 aromatic rings. The number of aromatic nitrogens is 16. The number of nitrogens with two attached hydrogens (primary N) is 5. The molecule has 21 N–H and O–H groups in total. The first kappa shape index (κ1) is 91.2. The van der Waals surface area contributed by atoms with Crippen molar-refractivity contribution in [3.63, 3.8) is 0 Å². The van der Waals surface area contributed by atoms with Crippen LogP contribution in [0.3, 0.4) is 0 Å². The fourth-order valence-electron chi connectivity index (χ4n) is 12.5. The zero-order chi connectivity index (χ0) is 81.8. The number of nitrogen functional groups attached to an aromatic ring is 4. The number of anilines is 4. The average molecular weight is 1900 g/mol. The van der Waals surface area contributed by atoms with Crippen molar-refractivity contribution in [3.8, 4) is 0 Å². The summed E-state index contributed by atoms with van der Waals surface area (Å²) in [6.07, 6.45) is -14.4. The monoisotopic (exact) mass is 1890 g/mol. The van der Waals surface area contributed by atoms with Gasteiger partial charge >= 0.3 is 11.9 Å². The molecule has 6 saturated heterocycles. The van der Waals surface area contributed by atoms with Crippen LogP contribution in [0.15, 0.2) is 38.1 Å². The van der Waals surface area contributed by atoms with E-state index in [1.54, 1.807) is 64.5 Å². The first-order valence-electron chi connectivity index (χ1n) is 33.6. The molecule has 14 rings (SSSR count). The molecule has 113 heavy (non-hydrogen) atoms. The number of aromatic amines is 4. The Morgan fingerprint density at radius 1 is 0.487 bits per heavy atom. The fourth-order valence-corrected chi connectivity index (χ4v) is 14.7. The second-order valence-corrected chi connectivity index (χ2v) is 30.1. The van der Waals surface area contributed by atoms with Crippen LogP contribution in [-0.4, -0.2) is 263 Å². The Bertz CT molecular complexity index is 5060. The first-order valence-corrected chi connectivity index (χ1v) is 36.8. The highest BCUT2D eigenvalue weighted by atomic mass is 79.9. The molecule has 0 spiro atoms. The number of esters is 2. The van der Waals surface area contributed by atoms with Gasteiger partial charge in [0.05, 0.1) is 18.9 Å². The van der Waals surface area contributed by atoms with Gasteiger partial charge in [0.25, 0.3) is 22.2 Å². The van der Waals surface area contributed by atoms with Gasteiger partial charge in [0, 0.05) is 6.92 Å². The third-order valence-electron chi connectivity index (χ3n) is 17.5. The number of rotatable bonds is 15. The second-order valence-electron chi connectivity index (χ2n) is 27.3. The molecule has 6 fully saturated rings. The molecule has 0 aliphatic carbocycles. The van der Waals surface area contributed by atoms with Crippen molar-refractivity contribution < 1.29 is 97.2 Å². The van der Waals surface area contributed by atoms with Gasteiger partial charge in [0.15, 0.2) is 108 Å². The fraction of sp³-hybridized carbons (Fsp3) is 0.600. The van der Waals surface area contributed by atoms with Crippen LogP contribution in [0.1, 0.15) is 94.1 Å². The molecule has 0 unspecified atom stereocenters. The largest absolute Gasteiger partial charge is 0.462 e. The van der Waals surface area contributed by atoms with Crippen LogP contribution in [0, 0.1) is 11.8 Å². The molecule has 0 bridgehead atoms. The molecule has 18 atom stereocenters. The van der Waals surface area contributed by atoms with Crippen molar-refractivity contribution >= 4 is 188 Å². The Kier molecular flexibility index (Phi) is 29.4. The van der Waals surface area contributed by atoms with Crippen LogP contribution in [-0.2, 0) is 66.5 Å². The maximum Gasteiger partial charge on any atom is 0.328 e. The van der Waals surface area contributed by atoms with Crippen molar-refractivity contribution in [2.45, 2.75) is 191 Å². The summed E-state index contributed by atoms with van der Waals surface area (Å²) < 4.78 is 64.3. The van der Waals surface area contributed by atoms with E-state index >= 15 is 0 Å². The zero-order valence-corrected chi connectivity index (χ0v) is 69.0. The Hall–Kier alpha value is -7.36. The van der Waals surface area contributed by atoms with Crippen LogP contribution in [0.2, 0.25) is 0 Å². The molecule has 0 saturated carbocycles. The van der Waals surface area contributed by atoms with Gasteiger partial charge in [0.1, 0.15) is 98.5 Å². The smallest absolute Gasteiger partial charge is 0.328 e. The highest BCUT2D eigenvalue weighted by Crippen LogP contribution is 2.47. The summed E-state index contributed by atoms with van der Waals surface area (Å²) in [5, 5.41) is 61.9. The highest BCUT2D eigenvalue weighted by molar-refractivity contribution is 9.11. The number of amides is 1. The van der Waals surface area contributed by atoms with Crippen molar-refractivity contribution in [1.82, 2.24) is 83.4 Å². The molecule has 8 aromatic heterocycles. The van der Waals surface area contributed by atoms with Crippen molar-refractivity contribution in [3.05, 3.63) is 60.3 Å². The number of hydrogen-bond donors (Lipinski definition) is 16.